The maximum absolute atomic E-state index is 12.6. The van der Waals surface area contributed by atoms with Gasteiger partial charge in [0.15, 0.2) is 12.4 Å². The molecule has 0 aliphatic heterocycles. The molecule has 0 bridgehead atoms. The maximum Gasteiger partial charge on any atom is 0.308 e. The number of ether oxygens (including phenoxy) is 1. The second-order valence-electron chi connectivity index (χ2n) is 6.02. The molecule has 1 atom stereocenters. The predicted molar refractivity (Wildman–Crippen MR) is 102 cm³/mol. The molecule has 1 heterocycles. The van der Waals surface area contributed by atoms with Crippen molar-refractivity contribution in [1.82, 2.24) is 15.5 Å². The number of aromatic nitrogens is 2. The summed E-state index contributed by atoms with van der Waals surface area (Å²) in [7, 11) is 0. The van der Waals surface area contributed by atoms with Crippen molar-refractivity contribution in [1.29, 1.82) is 0 Å². The summed E-state index contributed by atoms with van der Waals surface area (Å²) in [4.78, 5) is 28.9. The van der Waals surface area contributed by atoms with Crippen LogP contribution in [0.4, 0.5) is 0 Å². The highest BCUT2D eigenvalue weighted by atomic mass is 35.5. The van der Waals surface area contributed by atoms with E-state index in [1.807, 2.05) is 30.3 Å². The second kappa shape index (κ2) is 9.14. The van der Waals surface area contributed by atoms with E-state index in [4.69, 9.17) is 20.9 Å². The number of halogens is 1. The highest BCUT2D eigenvalue weighted by molar-refractivity contribution is 6.33. The predicted octanol–water partition coefficient (Wildman–Crippen LogP) is 3.64. The summed E-state index contributed by atoms with van der Waals surface area (Å²) in [5.41, 5.74) is 1.10. The molecule has 1 aromatic heterocycles. The molecule has 0 radical (unpaired) electrons. The van der Waals surface area contributed by atoms with Crippen LogP contribution in [0.3, 0.4) is 0 Å². The molecule has 1 unspecified atom stereocenters. The molecule has 3 rings (SSSR count). The van der Waals surface area contributed by atoms with Gasteiger partial charge in [-0.05, 0) is 24.6 Å². The topological polar surface area (TPSA) is 94.3 Å². The quantitative estimate of drug-likeness (QED) is 0.609. The van der Waals surface area contributed by atoms with Gasteiger partial charge >= 0.3 is 5.97 Å². The van der Waals surface area contributed by atoms with Crippen LogP contribution in [0.5, 0.6) is 0 Å². The van der Waals surface area contributed by atoms with Gasteiger partial charge in [-0.25, -0.2) is 0 Å². The van der Waals surface area contributed by atoms with Crippen LogP contribution in [-0.2, 0) is 16.1 Å². The number of hydrogen-bond acceptors (Lipinski definition) is 6. The van der Waals surface area contributed by atoms with Gasteiger partial charge in [-0.15, -0.1) is 0 Å². The number of hydrogen-bond donors (Lipinski definition) is 1. The Labute approximate surface area is 166 Å². The largest absolute Gasteiger partial charge is 0.455 e. The molecule has 0 saturated carbocycles. The lowest BCUT2D eigenvalue weighted by molar-refractivity contribution is -0.146. The fourth-order valence-electron chi connectivity index (χ4n) is 2.59. The molecular weight excluding hydrogens is 382 g/mol. The molecule has 0 aliphatic carbocycles. The molecule has 1 N–H and O–H groups in total. The lowest BCUT2D eigenvalue weighted by Gasteiger charge is -2.19. The Morgan fingerprint density at radius 3 is 2.54 bits per heavy atom. The molecule has 0 saturated heterocycles. The molecule has 0 spiro atoms. The van der Waals surface area contributed by atoms with Crippen LogP contribution < -0.4 is 5.32 Å². The zero-order valence-electron chi connectivity index (χ0n) is 15.1. The van der Waals surface area contributed by atoms with Gasteiger partial charge < -0.3 is 14.6 Å². The average molecular weight is 400 g/mol. The fraction of sp³-hybridized carbons (Fsp3) is 0.200. The Bertz CT molecular complexity index is 959. The normalized spacial score (nSPS) is 11.6. The van der Waals surface area contributed by atoms with Crippen molar-refractivity contribution in [2.24, 2.45) is 0 Å². The van der Waals surface area contributed by atoms with Crippen LogP contribution in [-0.4, -0.2) is 22.0 Å². The Hall–Kier alpha value is -3.19. The summed E-state index contributed by atoms with van der Waals surface area (Å²) in [6.07, 6.45) is -0.0622. The highest BCUT2D eigenvalue weighted by Gasteiger charge is 2.21. The number of rotatable bonds is 7. The summed E-state index contributed by atoms with van der Waals surface area (Å²) < 4.78 is 10.1. The minimum Gasteiger partial charge on any atom is -0.455 e. The minimum atomic E-state index is -0.582. The number of nitrogens with one attached hydrogen (secondary N) is 1. The first-order valence-electron chi connectivity index (χ1n) is 8.58. The van der Waals surface area contributed by atoms with Crippen LogP contribution in [0.25, 0.3) is 0 Å². The van der Waals surface area contributed by atoms with E-state index in [1.54, 1.807) is 31.2 Å². The number of aryl methyl sites for hydroxylation is 1. The van der Waals surface area contributed by atoms with Crippen molar-refractivity contribution in [3.63, 3.8) is 0 Å². The Balaban J connectivity index is 1.69. The molecule has 28 heavy (non-hydrogen) atoms. The first-order chi connectivity index (χ1) is 13.5. The molecule has 8 heteroatoms. The van der Waals surface area contributed by atoms with Gasteiger partial charge in [0.05, 0.1) is 23.0 Å². The average Bonchev–Trinajstić information content (AvgIpc) is 3.12. The number of amides is 1. The Kier molecular flexibility index (Phi) is 6.39. The monoisotopic (exact) mass is 399 g/mol. The van der Waals surface area contributed by atoms with Crippen molar-refractivity contribution < 1.29 is 18.8 Å². The molecule has 0 fully saturated rings. The fourth-order valence-corrected chi connectivity index (χ4v) is 2.81. The lowest BCUT2D eigenvalue weighted by Crippen LogP contribution is -2.30. The standard InChI is InChI=1S/C20H18ClN3O4/c1-13-22-18(28-24-13)12-27-19(25)11-17(14-7-3-2-4-8-14)23-20(26)15-9-5-6-10-16(15)21/h2-10,17H,11-12H2,1H3,(H,23,26). The van der Waals surface area contributed by atoms with E-state index in [-0.39, 0.29) is 24.8 Å². The zero-order chi connectivity index (χ0) is 19.9. The number of nitrogens with zero attached hydrogens (tertiary/aromatic N) is 2. The van der Waals surface area contributed by atoms with Crippen LogP contribution in [0.2, 0.25) is 5.02 Å². The van der Waals surface area contributed by atoms with E-state index in [0.29, 0.717) is 16.4 Å². The van der Waals surface area contributed by atoms with Gasteiger partial charge in [0.1, 0.15) is 0 Å². The van der Waals surface area contributed by atoms with Gasteiger partial charge in [-0.2, -0.15) is 4.98 Å². The van der Waals surface area contributed by atoms with E-state index >= 15 is 0 Å². The Morgan fingerprint density at radius 1 is 1.14 bits per heavy atom. The van der Waals surface area contributed by atoms with E-state index in [9.17, 15) is 9.59 Å². The van der Waals surface area contributed by atoms with Crippen molar-refractivity contribution in [2.45, 2.75) is 26.0 Å². The van der Waals surface area contributed by atoms with Crippen LogP contribution in [0.1, 0.15) is 40.1 Å². The summed E-state index contributed by atoms with van der Waals surface area (Å²) in [5, 5.41) is 6.82. The number of benzene rings is 2. The third kappa shape index (κ3) is 5.17. The van der Waals surface area contributed by atoms with E-state index < -0.39 is 12.0 Å². The molecular formula is C20H18ClN3O4. The van der Waals surface area contributed by atoms with Crippen LogP contribution >= 0.6 is 11.6 Å². The summed E-state index contributed by atoms with van der Waals surface area (Å²) in [6.45, 7) is 1.55. The second-order valence-corrected chi connectivity index (χ2v) is 6.42. The summed E-state index contributed by atoms with van der Waals surface area (Å²) in [5.74, 6) is -0.216. The summed E-state index contributed by atoms with van der Waals surface area (Å²) >= 11 is 6.10. The van der Waals surface area contributed by atoms with Crippen molar-refractivity contribution >= 4 is 23.5 Å². The third-order valence-corrected chi connectivity index (χ3v) is 4.25. The number of carbonyl (C=O) groups is 2. The van der Waals surface area contributed by atoms with E-state index in [1.165, 1.54) is 0 Å². The van der Waals surface area contributed by atoms with Gasteiger partial charge in [0.25, 0.3) is 11.8 Å². The minimum absolute atomic E-state index is 0.0622. The van der Waals surface area contributed by atoms with E-state index in [2.05, 4.69) is 15.5 Å². The van der Waals surface area contributed by atoms with Crippen LogP contribution in [0.15, 0.2) is 59.1 Å². The SMILES string of the molecule is Cc1noc(COC(=O)CC(NC(=O)c2ccccc2Cl)c2ccccc2)n1. The van der Waals surface area contributed by atoms with Gasteiger partial charge in [-0.3, -0.25) is 9.59 Å². The van der Waals surface area contributed by atoms with Crippen LogP contribution in [0, 0.1) is 6.92 Å². The lowest BCUT2D eigenvalue weighted by atomic mass is 10.0. The molecule has 3 aromatic rings. The first kappa shape index (κ1) is 19.6. The van der Waals surface area contributed by atoms with Gasteiger partial charge in [0.2, 0.25) is 0 Å². The van der Waals surface area contributed by atoms with Gasteiger partial charge in [-0.1, -0.05) is 59.2 Å². The van der Waals surface area contributed by atoms with Crippen molar-refractivity contribution in [3.05, 3.63) is 82.5 Å². The smallest absolute Gasteiger partial charge is 0.308 e. The molecule has 0 aliphatic rings. The first-order valence-corrected chi connectivity index (χ1v) is 8.96. The van der Waals surface area contributed by atoms with Crippen molar-refractivity contribution in [3.8, 4) is 0 Å². The highest BCUT2D eigenvalue weighted by Crippen LogP contribution is 2.21. The molecule has 2 aromatic carbocycles. The zero-order valence-corrected chi connectivity index (χ0v) is 15.8. The number of carbonyl (C=O) groups excluding carboxylic acids is 2. The molecule has 7 nitrogen and oxygen atoms in total. The molecule has 1 amide bonds. The Morgan fingerprint density at radius 2 is 1.86 bits per heavy atom. The van der Waals surface area contributed by atoms with Gasteiger partial charge in [0, 0.05) is 0 Å². The number of esters is 1. The third-order valence-electron chi connectivity index (χ3n) is 3.92. The maximum atomic E-state index is 12.6. The van der Waals surface area contributed by atoms with E-state index in [0.717, 1.165) is 5.56 Å². The summed E-state index contributed by atoms with van der Waals surface area (Å²) in [6, 6.07) is 15.3. The molecule has 144 valence electrons. The van der Waals surface area contributed by atoms with Crippen molar-refractivity contribution in [2.75, 3.05) is 0 Å².